The number of hydrogen-bond donors (Lipinski definition) is 1. The second kappa shape index (κ2) is 7.12. The van der Waals surface area contributed by atoms with Gasteiger partial charge in [-0.3, -0.25) is 4.79 Å². The van der Waals surface area contributed by atoms with Crippen LogP contribution >= 0.6 is 0 Å². The van der Waals surface area contributed by atoms with Crippen molar-refractivity contribution in [3.8, 4) is 0 Å². The standard InChI is InChI=1S/C13H22N2O2/c1-3-5-8-15(10-11-16)13(17)12-7-6-9-14(12)4-2/h6-7,9,16H,3-5,8,10-11H2,1-2H3. The van der Waals surface area contributed by atoms with Gasteiger partial charge in [-0.1, -0.05) is 13.3 Å². The number of carbonyl (C=O) groups is 1. The highest BCUT2D eigenvalue weighted by Gasteiger charge is 2.17. The molecule has 4 nitrogen and oxygen atoms in total. The van der Waals surface area contributed by atoms with Crippen LogP contribution in [0.1, 0.15) is 37.2 Å². The van der Waals surface area contributed by atoms with Crippen LogP contribution in [0.25, 0.3) is 0 Å². The minimum absolute atomic E-state index is 0.0133. The van der Waals surface area contributed by atoms with E-state index in [2.05, 4.69) is 6.92 Å². The minimum atomic E-state index is 0.0133. The number of rotatable bonds is 7. The number of aromatic nitrogens is 1. The zero-order valence-corrected chi connectivity index (χ0v) is 10.7. The molecule has 0 saturated carbocycles. The van der Waals surface area contributed by atoms with E-state index in [4.69, 9.17) is 5.11 Å². The number of carbonyl (C=O) groups excluding carboxylic acids is 1. The van der Waals surface area contributed by atoms with Crippen molar-refractivity contribution in [3.63, 3.8) is 0 Å². The van der Waals surface area contributed by atoms with Crippen molar-refractivity contribution in [1.29, 1.82) is 0 Å². The Morgan fingerprint density at radius 1 is 1.41 bits per heavy atom. The van der Waals surface area contributed by atoms with Gasteiger partial charge < -0.3 is 14.6 Å². The van der Waals surface area contributed by atoms with E-state index in [-0.39, 0.29) is 12.5 Å². The molecule has 0 saturated heterocycles. The van der Waals surface area contributed by atoms with E-state index >= 15 is 0 Å². The summed E-state index contributed by atoms with van der Waals surface area (Å²) in [6, 6.07) is 3.72. The van der Waals surface area contributed by atoms with E-state index in [1.807, 2.05) is 29.8 Å². The molecule has 1 aromatic heterocycles. The lowest BCUT2D eigenvalue weighted by molar-refractivity contribution is 0.0708. The van der Waals surface area contributed by atoms with Gasteiger partial charge in [0.1, 0.15) is 5.69 Å². The number of aryl methyl sites for hydroxylation is 1. The lowest BCUT2D eigenvalue weighted by Gasteiger charge is -2.22. The van der Waals surface area contributed by atoms with Crippen molar-refractivity contribution in [2.45, 2.75) is 33.2 Å². The molecule has 17 heavy (non-hydrogen) atoms. The largest absolute Gasteiger partial charge is 0.395 e. The van der Waals surface area contributed by atoms with Crippen LogP contribution in [0, 0.1) is 0 Å². The predicted molar refractivity (Wildman–Crippen MR) is 68.0 cm³/mol. The van der Waals surface area contributed by atoms with Crippen molar-refractivity contribution in [2.75, 3.05) is 19.7 Å². The zero-order chi connectivity index (χ0) is 12.7. The SMILES string of the molecule is CCCCN(CCO)C(=O)c1cccn1CC. The summed E-state index contributed by atoms with van der Waals surface area (Å²) in [4.78, 5) is 14.0. The third kappa shape index (κ3) is 3.60. The molecule has 0 aliphatic carbocycles. The van der Waals surface area contributed by atoms with Crippen LogP contribution in [0.5, 0.6) is 0 Å². The fraction of sp³-hybridized carbons (Fsp3) is 0.615. The van der Waals surface area contributed by atoms with E-state index < -0.39 is 0 Å². The Kier molecular flexibility index (Phi) is 5.77. The van der Waals surface area contributed by atoms with Crippen molar-refractivity contribution >= 4 is 5.91 Å². The molecule has 96 valence electrons. The molecule has 1 heterocycles. The van der Waals surface area contributed by atoms with Gasteiger partial charge in [-0.15, -0.1) is 0 Å². The first kappa shape index (κ1) is 13.8. The van der Waals surface area contributed by atoms with Crippen LogP contribution in [0.4, 0.5) is 0 Å². The summed E-state index contributed by atoms with van der Waals surface area (Å²) in [5.41, 5.74) is 0.706. The Labute approximate surface area is 103 Å². The van der Waals surface area contributed by atoms with Crippen molar-refractivity contribution in [1.82, 2.24) is 9.47 Å². The van der Waals surface area contributed by atoms with Gasteiger partial charge in [0, 0.05) is 25.8 Å². The fourth-order valence-electron chi connectivity index (χ4n) is 1.83. The maximum absolute atomic E-state index is 12.3. The maximum Gasteiger partial charge on any atom is 0.270 e. The monoisotopic (exact) mass is 238 g/mol. The molecule has 1 rings (SSSR count). The number of amides is 1. The average molecular weight is 238 g/mol. The third-order valence-electron chi connectivity index (χ3n) is 2.83. The van der Waals surface area contributed by atoms with Crippen molar-refractivity contribution < 1.29 is 9.90 Å². The molecular weight excluding hydrogens is 216 g/mol. The molecule has 4 heteroatoms. The summed E-state index contributed by atoms with van der Waals surface area (Å²) in [7, 11) is 0. The first-order valence-corrected chi connectivity index (χ1v) is 6.29. The predicted octanol–water partition coefficient (Wildman–Crippen LogP) is 1.74. The lowest BCUT2D eigenvalue weighted by atomic mass is 10.3. The van der Waals surface area contributed by atoms with Crippen LogP contribution in [-0.2, 0) is 6.54 Å². The molecule has 0 aliphatic rings. The average Bonchev–Trinajstić information content (AvgIpc) is 2.81. The molecule has 0 spiro atoms. The van der Waals surface area contributed by atoms with E-state index in [0.717, 1.165) is 19.4 Å². The van der Waals surface area contributed by atoms with E-state index in [9.17, 15) is 4.79 Å². The molecule has 1 aromatic rings. The summed E-state index contributed by atoms with van der Waals surface area (Å²) in [5, 5.41) is 9.01. The van der Waals surface area contributed by atoms with Crippen molar-refractivity contribution in [3.05, 3.63) is 24.0 Å². The normalized spacial score (nSPS) is 10.5. The first-order chi connectivity index (χ1) is 8.24. The highest BCUT2D eigenvalue weighted by Crippen LogP contribution is 2.08. The van der Waals surface area contributed by atoms with Crippen LogP contribution in [-0.4, -0.2) is 40.2 Å². The Bertz CT molecular complexity index is 347. The van der Waals surface area contributed by atoms with Gasteiger partial charge in [0.15, 0.2) is 0 Å². The molecular formula is C13H22N2O2. The number of aliphatic hydroxyl groups is 1. The van der Waals surface area contributed by atoms with E-state index in [1.165, 1.54) is 0 Å². The molecule has 1 N–H and O–H groups in total. The number of hydrogen-bond acceptors (Lipinski definition) is 2. The molecule has 1 amide bonds. The second-order valence-electron chi connectivity index (χ2n) is 4.05. The molecule has 0 unspecified atom stereocenters. The Morgan fingerprint density at radius 3 is 2.76 bits per heavy atom. The molecule has 0 aliphatic heterocycles. The minimum Gasteiger partial charge on any atom is -0.395 e. The summed E-state index contributed by atoms with van der Waals surface area (Å²) >= 11 is 0. The number of aliphatic hydroxyl groups excluding tert-OH is 1. The van der Waals surface area contributed by atoms with E-state index in [1.54, 1.807) is 4.90 Å². The molecule has 0 bridgehead atoms. The maximum atomic E-state index is 12.3. The summed E-state index contributed by atoms with van der Waals surface area (Å²) in [6.07, 6.45) is 3.92. The highest BCUT2D eigenvalue weighted by atomic mass is 16.3. The Hall–Kier alpha value is -1.29. The third-order valence-corrected chi connectivity index (χ3v) is 2.83. The Balaban J connectivity index is 2.76. The topological polar surface area (TPSA) is 45.5 Å². The van der Waals surface area contributed by atoms with Gasteiger partial charge in [-0.2, -0.15) is 0 Å². The second-order valence-corrected chi connectivity index (χ2v) is 4.05. The zero-order valence-electron chi connectivity index (χ0n) is 10.7. The van der Waals surface area contributed by atoms with Gasteiger partial charge in [0.05, 0.1) is 6.61 Å². The van der Waals surface area contributed by atoms with Gasteiger partial charge in [-0.25, -0.2) is 0 Å². The van der Waals surface area contributed by atoms with Crippen molar-refractivity contribution in [2.24, 2.45) is 0 Å². The van der Waals surface area contributed by atoms with Crippen LogP contribution in [0.3, 0.4) is 0 Å². The summed E-state index contributed by atoms with van der Waals surface area (Å²) < 4.78 is 1.93. The van der Waals surface area contributed by atoms with E-state index in [0.29, 0.717) is 18.8 Å². The quantitative estimate of drug-likeness (QED) is 0.786. The molecule has 0 aromatic carbocycles. The smallest absolute Gasteiger partial charge is 0.270 e. The van der Waals surface area contributed by atoms with Crippen LogP contribution in [0.15, 0.2) is 18.3 Å². The Morgan fingerprint density at radius 2 is 2.18 bits per heavy atom. The van der Waals surface area contributed by atoms with Gasteiger partial charge in [-0.05, 0) is 25.5 Å². The summed E-state index contributed by atoms with van der Waals surface area (Å²) in [5.74, 6) is 0.0133. The molecule has 0 radical (unpaired) electrons. The number of unbranched alkanes of at least 4 members (excludes halogenated alkanes) is 1. The van der Waals surface area contributed by atoms with Crippen LogP contribution in [0.2, 0.25) is 0 Å². The number of nitrogens with zero attached hydrogens (tertiary/aromatic N) is 2. The van der Waals surface area contributed by atoms with Gasteiger partial charge in [0.25, 0.3) is 5.91 Å². The molecule has 0 atom stereocenters. The lowest BCUT2D eigenvalue weighted by Crippen LogP contribution is -2.35. The fourth-order valence-corrected chi connectivity index (χ4v) is 1.83. The highest BCUT2D eigenvalue weighted by molar-refractivity contribution is 5.92. The van der Waals surface area contributed by atoms with Crippen LogP contribution < -0.4 is 0 Å². The first-order valence-electron chi connectivity index (χ1n) is 6.29. The summed E-state index contributed by atoms with van der Waals surface area (Å²) in [6.45, 7) is 6.03. The van der Waals surface area contributed by atoms with Gasteiger partial charge in [0.2, 0.25) is 0 Å². The van der Waals surface area contributed by atoms with Gasteiger partial charge >= 0.3 is 0 Å². The molecule has 0 fully saturated rings.